The van der Waals surface area contributed by atoms with Crippen molar-refractivity contribution in [3.63, 3.8) is 0 Å². The Kier molecular flexibility index (Phi) is 7.18. The fraction of sp³-hybridized carbons (Fsp3) is 0.591. The van der Waals surface area contributed by atoms with E-state index in [0.717, 1.165) is 63.5 Å². The molecule has 1 atom stereocenters. The molecule has 0 bridgehead atoms. The zero-order valence-electron chi connectivity index (χ0n) is 17.9. The summed E-state index contributed by atoms with van der Waals surface area (Å²) in [5.41, 5.74) is 0. The molecule has 4 rings (SSSR count). The maximum atomic E-state index is 5.78. The van der Waals surface area contributed by atoms with Crippen molar-refractivity contribution in [2.45, 2.75) is 32.2 Å². The van der Waals surface area contributed by atoms with Gasteiger partial charge in [-0.1, -0.05) is 6.42 Å². The number of rotatable bonds is 6. The summed E-state index contributed by atoms with van der Waals surface area (Å²) in [5.74, 6) is 2.81. The molecule has 2 aliphatic heterocycles. The van der Waals surface area contributed by atoms with Crippen molar-refractivity contribution in [1.82, 2.24) is 25.1 Å². The highest BCUT2D eigenvalue weighted by Gasteiger charge is 2.26. The lowest BCUT2D eigenvalue weighted by Gasteiger charge is -2.37. The first-order chi connectivity index (χ1) is 14.8. The van der Waals surface area contributed by atoms with E-state index in [1.807, 2.05) is 12.1 Å². The van der Waals surface area contributed by atoms with E-state index in [-0.39, 0.29) is 6.04 Å². The van der Waals surface area contributed by atoms with Gasteiger partial charge in [-0.05, 0) is 51.1 Å². The van der Waals surface area contributed by atoms with Crippen molar-refractivity contribution in [2.75, 3.05) is 57.3 Å². The smallest absolute Gasteiger partial charge is 0.225 e. The van der Waals surface area contributed by atoms with Crippen LogP contribution in [0.1, 0.15) is 38.0 Å². The van der Waals surface area contributed by atoms with Gasteiger partial charge in [-0.15, -0.1) is 0 Å². The average molecular weight is 412 g/mol. The van der Waals surface area contributed by atoms with Crippen LogP contribution in [0.4, 0.5) is 5.95 Å². The third kappa shape index (κ3) is 5.11. The number of piperazine rings is 1. The van der Waals surface area contributed by atoms with E-state index >= 15 is 0 Å². The summed E-state index contributed by atoms with van der Waals surface area (Å²) >= 11 is 0. The summed E-state index contributed by atoms with van der Waals surface area (Å²) in [6.45, 7) is 9.51. The Morgan fingerprint density at radius 1 is 1.07 bits per heavy atom. The number of guanidine groups is 1. The molecule has 1 N–H and O–H groups in total. The number of anilines is 1. The number of furan rings is 1. The predicted octanol–water partition coefficient (Wildman–Crippen LogP) is 2.38. The van der Waals surface area contributed by atoms with Crippen LogP contribution in [0, 0.1) is 0 Å². The van der Waals surface area contributed by atoms with E-state index in [1.165, 1.54) is 19.3 Å². The summed E-state index contributed by atoms with van der Waals surface area (Å²) in [5, 5.41) is 3.49. The van der Waals surface area contributed by atoms with Crippen molar-refractivity contribution in [3.05, 3.63) is 42.6 Å². The maximum absolute atomic E-state index is 5.78. The number of aromatic nitrogens is 2. The second-order valence-corrected chi connectivity index (χ2v) is 7.85. The molecule has 8 heteroatoms. The average Bonchev–Trinajstić information content (AvgIpc) is 3.35. The zero-order valence-corrected chi connectivity index (χ0v) is 17.9. The minimum Gasteiger partial charge on any atom is -0.468 e. The van der Waals surface area contributed by atoms with Crippen molar-refractivity contribution in [3.8, 4) is 0 Å². The summed E-state index contributed by atoms with van der Waals surface area (Å²) in [7, 11) is 0. The molecule has 0 saturated carbocycles. The van der Waals surface area contributed by atoms with E-state index < -0.39 is 0 Å². The van der Waals surface area contributed by atoms with Crippen LogP contribution in [0.25, 0.3) is 0 Å². The zero-order chi connectivity index (χ0) is 20.6. The molecule has 0 radical (unpaired) electrons. The number of hydrogen-bond donors (Lipinski definition) is 1. The molecular formula is C22H33N7O. The van der Waals surface area contributed by atoms with Gasteiger partial charge in [-0.25, -0.2) is 9.97 Å². The van der Waals surface area contributed by atoms with Crippen LogP contribution in [-0.4, -0.2) is 78.1 Å². The van der Waals surface area contributed by atoms with E-state index in [4.69, 9.17) is 9.41 Å². The Morgan fingerprint density at radius 2 is 1.83 bits per heavy atom. The molecule has 2 aromatic rings. The van der Waals surface area contributed by atoms with Crippen LogP contribution in [0.15, 0.2) is 46.3 Å². The van der Waals surface area contributed by atoms with Gasteiger partial charge in [-0.3, -0.25) is 9.89 Å². The number of likely N-dealkylation sites (tertiary alicyclic amines) is 1. The minimum absolute atomic E-state index is 0.202. The van der Waals surface area contributed by atoms with Gasteiger partial charge in [0, 0.05) is 45.1 Å². The van der Waals surface area contributed by atoms with Gasteiger partial charge >= 0.3 is 0 Å². The molecule has 30 heavy (non-hydrogen) atoms. The van der Waals surface area contributed by atoms with Crippen molar-refractivity contribution in [2.24, 2.45) is 4.99 Å². The lowest BCUT2D eigenvalue weighted by atomic mass is 10.1. The topological polar surface area (TPSA) is 73.0 Å². The number of piperidine rings is 1. The number of hydrogen-bond acceptors (Lipinski definition) is 6. The molecule has 0 amide bonds. The summed E-state index contributed by atoms with van der Waals surface area (Å²) in [6, 6.07) is 6.12. The second-order valence-electron chi connectivity index (χ2n) is 7.85. The van der Waals surface area contributed by atoms with Crippen molar-refractivity contribution < 1.29 is 4.42 Å². The highest BCUT2D eigenvalue weighted by Crippen LogP contribution is 2.25. The molecule has 8 nitrogen and oxygen atoms in total. The molecule has 0 spiro atoms. The third-order valence-corrected chi connectivity index (χ3v) is 5.87. The Hall–Kier alpha value is -2.61. The first kappa shape index (κ1) is 20.7. The van der Waals surface area contributed by atoms with Crippen molar-refractivity contribution >= 4 is 11.9 Å². The maximum Gasteiger partial charge on any atom is 0.225 e. The molecular weight excluding hydrogens is 378 g/mol. The van der Waals surface area contributed by atoms with Crippen LogP contribution in [-0.2, 0) is 0 Å². The van der Waals surface area contributed by atoms with Crippen LogP contribution >= 0.6 is 0 Å². The number of aliphatic imine (C=N–C) groups is 1. The van der Waals surface area contributed by atoms with E-state index in [9.17, 15) is 0 Å². The first-order valence-corrected chi connectivity index (χ1v) is 11.2. The lowest BCUT2D eigenvalue weighted by molar-refractivity contribution is 0.150. The first-order valence-electron chi connectivity index (χ1n) is 11.2. The van der Waals surface area contributed by atoms with Gasteiger partial charge in [0.25, 0.3) is 0 Å². The molecule has 2 fully saturated rings. The van der Waals surface area contributed by atoms with Gasteiger partial charge in [-0.2, -0.15) is 0 Å². The van der Waals surface area contributed by atoms with Gasteiger partial charge in [0.1, 0.15) is 5.76 Å². The predicted molar refractivity (Wildman–Crippen MR) is 119 cm³/mol. The molecule has 2 saturated heterocycles. The largest absolute Gasteiger partial charge is 0.468 e. The fourth-order valence-corrected chi connectivity index (χ4v) is 4.27. The van der Waals surface area contributed by atoms with Crippen molar-refractivity contribution in [1.29, 1.82) is 0 Å². The van der Waals surface area contributed by atoms with Gasteiger partial charge < -0.3 is 19.5 Å². The van der Waals surface area contributed by atoms with Gasteiger partial charge in [0.2, 0.25) is 5.95 Å². The second kappa shape index (κ2) is 10.4. The molecule has 1 unspecified atom stereocenters. The summed E-state index contributed by atoms with van der Waals surface area (Å²) < 4.78 is 5.78. The normalized spacial score (nSPS) is 19.7. The van der Waals surface area contributed by atoms with Crippen LogP contribution in [0.2, 0.25) is 0 Å². The van der Waals surface area contributed by atoms with E-state index in [0.29, 0.717) is 6.54 Å². The quantitative estimate of drug-likeness (QED) is 0.578. The monoisotopic (exact) mass is 411 g/mol. The SMILES string of the molecule is CCNC(=NCC(c1ccco1)N1CCCCC1)N1CCN(c2ncccn2)CC1. The summed E-state index contributed by atoms with van der Waals surface area (Å²) in [4.78, 5) is 20.9. The Bertz CT molecular complexity index is 766. The highest BCUT2D eigenvalue weighted by molar-refractivity contribution is 5.80. The minimum atomic E-state index is 0.202. The molecule has 2 aliphatic rings. The Morgan fingerprint density at radius 3 is 2.50 bits per heavy atom. The third-order valence-electron chi connectivity index (χ3n) is 5.87. The lowest BCUT2D eigenvalue weighted by Crippen LogP contribution is -2.53. The van der Waals surface area contributed by atoms with E-state index in [1.54, 1.807) is 18.7 Å². The van der Waals surface area contributed by atoms with Crippen LogP contribution < -0.4 is 10.2 Å². The Balaban J connectivity index is 1.42. The molecule has 0 aromatic carbocycles. The van der Waals surface area contributed by atoms with E-state index in [2.05, 4.69) is 43.0 Å². The Labute approximate surface area is 179 Å². The molecule has 2 aromatic heterocycles. The summed E-state index contributed by atoms with van der Waals surface area (Å²) in [6.07, 6.45) is 9.20. The molecule has 162 valence electrons. The highest BCUT2D eigenvalue weighted by atomic mass is 16.3. The van der Waals surface area contributed by atoms with Gasteiger partial charge in [0.05, 0.1) is 18.8 Å². The van der Waals surface area contributed by atoms with Crippen LogP contribution in [0.5, 0.6) is 0 Å². The molecule has 0 aliphatic carbocycles. The number of nitrogens with zero attached hydrogens (tertiary/aromatic N) is 6. The fourth-order valence-electron chi connectivity index (χ4n) is 4.27. The molecule has 4 heterocycles. The standard InChI is InChI=1S/C22H33N7O/c1-2-23-21(28-13-15-29(16-14-28)22-24-9-7-10-25-22)26-18-19(20-8-6-17-30-20)27-11-4-3-5-12-27/h6-10,17,19H,2-5,11-16,18H2,1H3,(H,23,26). The van der Waals surface area contributed by atoms with Gasteiger partial charge in [0.15, 0.2) is 5.96 Å². The van der Waals surface area contributed by atoms with Crippen LogP contribution in [0.3, 0.4) is 0 Å². The number of nitrogens with one attached hydrogen (secondary N) is 1.